The molecule has 3 heteroatoms. The Balaban J connectivity index is 2.08. The lowest BCUT2D eigenvalue weighted by atomic mass is 9.85. The maximum absolute atomic E-state index is 12.2. The Morgan fingerprint density at radius 3 is 2.90 bits per heavy atom. The van der Waals surface area contributed by atoms with E-state index in [4.69, 9.17) is 5.11 Å². The van der Waals surface area contributed by atoms with Crippen molar-refractivity contribution in [3.63, 3.8) is 0 Å². The van der Waals surface area contributed by atoms with Gasteiger partial charge in [0.05, 0.1) is 0 Å². The second-order valence-corrected chi connectivity index (χ2v) is 6.39. The van der Waals surface area contributed by atoms with Crippen LogP contribution < -0.4 is 0 Å². The Bertz CT molecular complexity index is 566. The van der Waals surface area contributed by atoms with Gasteiger partial charge < -0.3 is 10.0 Å². The molecule has 0 aliphatic carbocycles. The van der Waals surface area contributed by atoms with Crippen LogP contribution in [0.1, 0.15) is 44.2 Å². The number of carbonyl (C=O) groups excluding carboxylic acids is 1. The fraction of sp³-hybridized carbons (Fsp3) is 0.500. The molecule has 1 aromatic rings. The molecule has 0 saturated carbocycles. The van der Waals surface area contributed by atoms with Gasteiger partial charge in [0, 0.05) is 25.1 Å². The largest absolute Gasteiger partial charge is 0.384 e. The van der Waals surface area contributed by atoms with Crippen LogP contribution in [0, 0.1) is 17.3 Å². The number of aliphatic hydroxyl groups is 1. The van der Waals surface area contributed by atoms with Crippen molar-refractivity contribution in [2.45, 2.75) is 39.7 Å². The smallest absolute Gasteiger partial charge is 0.222 e. The second-order valence-electron chi connectivity index (χ2n) is 6.39. The molecule has 1 N–H and O–H groups in total. The molecule has 1 heterocycles. The minimum Gasteiger partial charge on any atom is -0.384 e. The third kappa shape index (κ3) is 4.61. The van der Waals surface area contributed by atoms with Crippen LogP contribution in [0.15, 0.2) is 24.3 Å². The van der Waals surface area contributed by atoms with E-state index in [-0.39, 0.29) is 17.9 Å². The van der Waals surface area contributed by atoms with E-state index in [9.17, 15) is 4.79 Å². The maximum Gasteiger partial charge on any atom is 0.222 e. The van der Waals surface area contributed by atoms with Gasteiger partial charge >= 0.3 is 0 Å². The fourth-order valence-electron chi connectivity index (χ4n) is 2.57. The van der Waals surface area contributed by atoms with Gasteiger partial charge in [0.2, 0.25) is 5.91 Å². The molecule has 1 amide bonds. The van der Waals surface area contributed by atoms with Gasteiger partial charge in [0.1, 0.15) is 6.61 Å². The summed E-state index contributed by atoms with van der Waals surface area (Å²) < 4.78 is 0. The quantitative estimate of drug-likeness (QED) is 0.848. The van der Waals surface area contributed by atoms with Gasteiger partial charge in [-0.3, -0.25) is 4.79 Å². The molecule has 0 radical (unpaired) electrons. The van der Waals surface area contributed by atoms with Gasteiger partial charge in [-0.1, -0.05) is 37.8 Å². The summed E-state index contributed by atoms with van der Waals surface area (Å²) in [5.74, 6) is 5.80. The molecule has 0 bridgehead atoms. The van der Waals surface area contributed by atoms with Crippen LogP contribution in [0.2, 0.25) is 0 Å². The van der Waals surface area contributed by atoms with Crippen molar-refractivity contribution in [2.75, 3.05) is 13.2 Å². The first-order valence-electron chi connectivity index (χ1n) is 7.47. The first-order valence-corrected chi connectivity index (χ1v) is 7.47. The van der Waals surface area contributed by atoms with Crippen LogP contribution in [0.3, 0.4) is 0 Å². The molecule has 21 heavy (non-hydrogen) atoms. The molecule has 0 aromatic heterocycles. The van der Waals surface area contributed by atoms with Crippen molar-refractivity contribution in [3.8, 4) is 11.8 Å². The normalized spacial score (nSPS) is 17.9. The lowest BCUT2D eigenvalue weighted by Gasteiger charge is -2.23. The highest BCUT2D eigenvalue weighted by Crippen LogP contribution is 2.30. The van der Waals surface area contributed by atoms with Crippen LogP contribution in [0.5, 0.6) is 0 Å². The molecule has 0 spiro atoms. The number of nitrogens with zero attached hydrogens (tertiary/aromatic N) is 1. The van der Waals surface area contributed by atoms with Gasteiger partial charge in [-0.05, 0) is 36.0 Å². The van der Waals surface area contributed by atoms with E-state index >= 15 is 0 Å². The zero-order chi connectivity index (χ0) is 15.3. The summed E-state index contributed by atoms with van der Waals surface area (Å²) in [6, 6.07) is 7.88. The predicted molar refractivity (Wildman–Crippen MR) is 83.5 cm³/mol. The lowest BCUT2D eigenvalue weighted by molar-refractivity contribution is -0.131. The van der Waals surface area contributed by atoms with Crippen LogP contribution in [-0.4, -0.2) is 29.1 Å². The zero-order valence-electron chi connectivity index (χ0n) is 12.9. The number of aliphatic hydroxyl groups excluding tert-OH is 1. The zero-order valence-corrected chi connectivity index (χ0v) is 12.9. The van der Waals surface area contributed by atoms with Crippen molar-refractivity contribution < 1.29 is 9.90 Å². The van der Waals surface area contributed by atoms with Crippen LogP contribution in [0.4, 0.5) is 0 Å². The van der Waals surface area contributed by atoms with Crippen molar-refractivity contribution in [1.82, 2.24) is 4.90 Å². The topological polar surface area (TPSA) is 40.5 Å². The molecule has 1 saturated heterocycles. The van der Waals surface area contributed by atoms with E-state index in [0.717, 1.165) is 30.5 Å². The fourth-order valence-corrected chi connectivity index (χ4v) is 2.57. The van der Waals surface area contributed by atoms with E-state index in [0.29, 0.717) is 13.0 Å². The molecular formula is C18H23NO2. The Hall–Kier alpha value is -1.79. The first-order chi connectivity index (χ1) is 10.00. The van der Waals surface area contributed by atoms with E-state index in [1.54, 1.807) is 0 Å². The summed E-state index contributed by atoms with van der Waals surface area (Å²) in [5, 5.41) is 8.75. The molecule has 1 aliphatic rings. The minimum atomic E-state index is -0.135. The Morgan fingerprint density at radius 2 is 2.14 bits per heavy atom. The Kier molecular flexibility index (Phi) is 5.03. The Morgan fingerprint density at radius 1 is 1.33 bits per heavy atom. The molecule has 112 valence electrons. The molecular weight excluding hydrogens is 262 g/mol. The highest BCUT2D eigenvalue weighted by atomic mass is 16.2. The SMILES string of the molecule is CC1(C)CCC(=O)N(Cc2cccc(C#CCO)c2)CC1. The van der Waals surface area contributed by atoms with Crippen molar-refractivity contribution in [3.05, 3.63) is 35.4 Å². The number of hydrogen-bond donors (Lipinski definition) is 1. The number of likely N-dealkylation sites (tertiary alicyclic amines) is 1. The van der Waals surface area contributed by atoms with E-state index in [1.807, 2.05) is 29.2 Å². The molecule has 0 atom stereocenters. The maximum atomic E-state index is 12.2. The summed E-state index contributed by atoms with van der Waals surface area (Å²) in [7, 11) is 0. The highest BCUT2D eigenvalue weighted by molar-refractivity contribution is 5.76. The monoisotopic (exact) mass is 285 g/mol. The molecule has 1 aliphatic heterocycles. The second kappa shape index (κ2) is 6.78. The van der Waals surface area contributed by atoms with Crippen LogP contribution in [-0.2, 0) is 11.3 Å². The molecule has 1 fully saturated rings. The standard InChI is InChI=1S/C18H23NO2/c1-18(2)9-8-17(21)19(11-10-18)14-16-6-3-5-15(13-16)7-4-12-20/h3,5-6,13,20H,8-12,14H2,1-2H3. The molecule has 2 rings (SSSR count). The van der Waals surface area contributed by atoms with Crippen molar-refractivity contribution in [1.29, 1.82) is 0 Å². The Labute approximate surface area is 127 Å². The summed E-state index contributed by atoms with van der Waals surface area (Å²) in [6.45, 7) is 5.79. The average molecular weight is 285 g/mol. The number of benzene rings is 1. The predicted octanol–water partition coefficient (Wildman–Crippen LogP) is 2.57. The number of rotatable bonds is 2. The van der Waals surface area contributed by atoms with E-state index in [2.05, 4.69) is 25.7 Å². The summed E-state index contributed by atoms with van der Waals surface area (Å²) in [4.78, 5) is 14.2. The van der Waals surface area contributed by atoms with Gasteiger partial charge in [-0.25, -0.2) is 0 Å². The third-order valence-corrected chi connectivity index (χ3v) is 4.04. The van der Waals surface area contributed by atoms with Gasteiger partial charge in [-0.2, -0.15) is 0 Å². The summed E-state index contributed by atoms with van der Waals surface area (Å²) in [6.07, 6.45) is 2.64. The van der Waals surface area contributed by atoms with Gasteiger partial charge in [0.15, 0.2) is 0 Å². The van der Waals surface area contributed by atoms with Gasteiger partial charge in [-0.15, -0.1) is 0 Å². The van der Waals surface area contributed by atoms with Gasteiger partial charge in [0.25, 0.3) is 0 Å². The highest BCUT2D eigenvalue weighted by Gasteiger charge is 2.27. The summed E-state index contributed by atoms with van der Waals surface area (Å²) in [5.41, 5.74) is 2.22. The average Bonchev–Trinajstić information content (AvgIpc) is 2.59. The number of carbonyl (C=O) groups is 1. The van der Waals surface area contributed by atoms with Crippen LogP contribution >= 0.6 is 0 Å². The van der Waals surface area contributed by atoms with E-state index < -0.39 is 0 Å². The molecule has 1 aromatic carbocycles. The van der Waals surface area contributed by atoms with Crippen molar-refractivity contribution in [2.24, 2.45) is 5.41 Å². The molecule has 0 unspecified atom stereocenters. The van der Waals surface area contributed by atoms with Crippen molar-refractivity contribution >= 4 is 5.91 Å². The third-order valence-electron chi connectivity index (χ3n) is 4.04. The minimum absolute atomic E-state index is 0.135. The van der Waals surface area contributed by atoms with E-state index in [1.165, 1.54) is 0 Å². The lowest BCUT2D eigenvalue weighted by Crippen LogP contribution is -2.30. The summed E-state index contributed by atoms with van der Waals surface area (Å²) >= 11 is 0. The molecule has 3 nitrogen and oxygen atoms in total. The van der Waals surface area contributed by atoms with Crippen LogP contribution in [0.25, 0.3) is 0 Å². The first kappa shape index (κ1) is 15.6. The number of amides is 1. The number of hydrogen-bond acceptors (Lipinski definition) is 2.